The Kier molecular flexibility index (Phi) is 2.79. The highest BCUT2D eigenvalue weighted by molar-refractivity contribution is 6.30. The number of fused-ring (bicyclic) bond motifs is 1. The van der Waals surface area contributed by atoms with Crippen LogP contribution >= 0.6 is 11.6 Å². The van der Waals surface area contributed by atoms with Crippen molar-refractivity contribution < 1.29 is 0 Å². The minimum atomic E-state index is 0.684. The molecule has 0 fully saturated rings. The molecular formula is C10H16ClN3. The maximum atomic E-state index is 6.07. The Labute approximate surface area is 89.3 Å². The number of rotatable bonds is 2. The fourth-order valence-corrected chi connectivity index (χ4v) is 2.54. The predicted molar refractivity (Wildman–Crippen MR) is 57.5 cm³/mol. The van der Waals surface area contributed by atoms with E-state index in [0.717, 1.165) is 31.8 Å². The summed E-state index contributed by atoms with van der Waals surface area (Å²) in [6.07, 6.45) is 3.34. The van der Waals surface area contributed by atoms with Crippen LogP contribution < -0.4 is 5.73 Å². The summed E-state index contributed by atoms with van der Waals surface area (Å²) in [5.41, 5.74) is 6.77. The number of hydrogen-bond donors (Lipinski definition) is 1. The number of nitrogens with zero attached hydrogens (tertiary/aromatic N) is 2. The summed E-state index contributed by atoms with van der Waals surface area (Å²) in [5.74, 6) is 1.73. The SMILES string of the molecule is Cc1nc(Cl)c2n1CCC(CCN)C2. The number of hydrogen-bond acceptors (Lipinski definition) is 2. The van der Waals surface area contributed by atoms with Crippen LogP contribution in [0, 0.1) is 12.8 Å². The minimum absolute atomic E-state index is 0.684. The maximum absolute atomic E-state index is 6.07. The summed E-state index contributed by atoms with van der Waals surface area (Å²) in [6.45, 7) is 3.83. The molecule has 2 N–H and O–H groups in total. The Bertz CT molecular complexity index is 332. The zero-order chi connectivity index (χ0) is 10.1. The van der Waals surface area contributed by atoms with Crippen molar-refractivity contribution in [2.24, 2.45) is 11.7 Å². The van der Waals surface area contributed by atoms with E-state index in [1.807, 2.05) is 6.92 Å². The quantitative estimate of drug-likeness (QED) is 0.814. The molecule has 1 aliphatic rings. The van der Waals surface area contributed by atoms with Crippen LogP contribution in [0.15, 0.2) is 0 Å². The van der Waals surface area contributed by atoms with Gasteiger partial charge in [0, 0.05) is 6.54 Å². The monoisotopic (exact) mass is 213 g/mol. The Morgan fingerprint density at radius 3 is 3.14 bits per heavy atom. The van der Waals surface area contributed by atoms with E-state index in [2.05, 4.69) is 9.55 Å². The third kappa shape index (κ3) is 1.66. The fraction of sp³-hybridized carbons (Fsp3) is 0.700. The molecule has 0 aliphatic carbocycles. The van der Waals surface area contributed by atoms with Gasteiger partial charge in [-0.05, 0) is 38.6 Å². The highest BCUT2D eigenvalue weighted by Crippen LogP contribution is 2.28. The normalized spacial score (nSPS) is 20.9. The van der Waals surface area contributed by atoms with Crippen LogP contribution in [-0.4, -0.2) is 16.1 Å². The maximum Gasteiger partial charge on any atom is 0.150 e. The highest BCUT2D eigenvalue weighted by Gasteiger charge is 2.22. The summed E-state index contributed by atoms with van der Waals surface area (Å²) in [5, 5.41) is 0.684. The van der Waals surface area contributed by atoms with Gasteiger partial charge in [0.1, 0.15) is 5.82 Å². The summed E-state index contributed by atoms with van der Waals surface area (Å²) in [4.78, 5) is 4.28. The minimum Gasteiger partial charge on any atom is -0.331 e. The summed E-state index contributed by atoms with van der Waals surface area (Å²) >= 11 is 6.07. The first-order chi connectivity index (χ1) is 6.72. The number of aromatic nitrogens is 2. The van der Waals surface area contributed by atoms with E-state index >= 15 is 0 Å². The first kappa shape index (κ1) is 9.99. The van der Waals surface area contributed by atoms with Gasteiger partial charge in [-0.2, -0.15) is 0 Å². The Balaban J connectivity index is 2.21. The van der Waals surface area contributed by atoms with Gasteiger partial charge < -0.3 is 10.3 Å². The lowest BCUT2D eigenvalue weighted by molar-refractivity contribution is 0.368. The summed E-state index contributed by atoms with van der Waals surface area (Å²) < 4.78 is 2.23. The molecule has 3 nitrogen and oxygen atoms in total. The van der Waals surface area contributed by atoms with Gasteiger partial charge in [-0.1, -0.05) is 11.6 Å². The van der Waals surface area contributed by atoms with Crippen molar-refractivity contribution in [1.29, 1.82) is 0 Å². The van der Waals surface area contributed by atoms with E-state index in [1.165, 1.54) is 12.1 Å². The van der Waals surface area contributed by atoms with Crippen LogP contribution in [-0.2, 0) is 13.0 Å². The largest absolute Gasteiger partial charge is 0.331 e. The van der Waals surface area contributed by atoms with Crippen LogP contribution in [0.25, 0.3) is 0 Å². The molecule has 1 atom stereocenters. The Morgan fingerprint density at radius 2 is 2.43 bits per heavy atom. The second-order valence-corrected chi connectivity index (χ2v) is 4.34. The lowest BCUT2D eigenvalue weighted by Gasteiger charge is -2.24. The number of aryl methyl sites for hydroxylation is 1. The molecule has 1 unspecified atom stereocenters. The lowest BCUT2D eigenvalue weighted by Crippen LogP contribution is -2.22. The second kappa shape index (κ2) is 3.91. The van der Waals surface area contributed by atoms with Crippen molar-refractivity contribution in [3.8, 4) is 0 Å². The van der Waals surface area contributed by atoms with E-state index in [0.29, 0.717) is 11.1 Å². The van der Waals surface area contributed by atoms with Crippen molar-refractivity contribution in [3.63, 3.8) is 0 Å². The van der Waals surface area contributed by atoms with Crippen LogP contribution in [0.4, 0.5) is 0 Å². The summed E-state index contributed by atoms with van der Waals surface area (Å²) in [6, 6.07) is 0. The first-order valence-electron chi connectivity index (χ1n) is 5.14. The van der Waals surface area contributed by atoms with Crippen LogP contribution in [0.2, 0.25) is 5.15 Å². The second-order valence-electron chi connectivity index (χ2n) is 3.98. The summed E-state index contributed by atoms with van der Waals surface area (Å²) in [7, 11) is 0. The molecule has 0 radical (unpaired) electrons. The number of nitrogens with two attached hydrogens (primary N) is 1. The average Bonchev–Trinajstić information content (AvgIpc) is 2.43. The van der Waals surface area contributed by atoms with Gasteiger partial charge in [0.05, 0.1) is 5.69 Å². The topological polar surface area (TPSA) is 43.8 Å². The smallest absolute Gasteiger partial charge is 0.150 e. The van der Waals surface area contributed by atoms with Crippen LogP contribution in [0.1, 0.15) is 24.4 Å². The van der Waals surface area contributed by atoms with Crippen LogP contribution in [0.3, 0.4) is 0 Å². The first-order valence-corrected chi connectivity index (χ1v) is 5.51. The molecule has 0 aromatic carbocycles. The van der Waals surface area contributed by atoms with Gasteiger partial charge in [-0.25, -0.2) is 4.98 Å². The van der Waals surface area contributed by atoms with Gasteiger partial charge in [0.15, 0.2) is 5.15 Å². The Morgan fingerprint density at radius 1 is 1.64 bits per heavy atom. The zero-order valence-corrected chi connectivity index (χ0v) is 9.22. The molecule has 0 amide bonds. The van der Waals surface area contributed by atoms with Crippen molar-refractivity contribution in [1.82, 2.24) is 9.55 Å². The number of halogens is 1. The molecule has 4 heteroatoms. The molecule has 1 aromatic rings. The molecule has 1 aliphatic heterocycles. The van der Waals surface area contributed by atoms with E-state index in [4.69, 9.17) is 17.3 Å². The van der Waals surface area contributed by atoms with Gasteiger partial charge in [0.2, 0.25) is 0 Å². The highest BCUT2D eigenvalue weighted by atomic mass is 35.5. The van der Waals surface area contributed by atoms with E-state index in [1.54, 1.807) is 0 Å². The van der Waals surface area contributed by atoms with Gasteiger partial charge in [0.25, 0.3) is 0 Å². The van der Waals surface area contributed by atoms with E-state index in [-0.39, 0.29) is 0 Å². The molecule has 0 saturated carbocycles. The van der Waals surface area contributed by atoms with Gasteiger partial charge in [-0.3, -0.25) is 0 Å². The molecule has 2 rings (SSSR count). The molecular weight excluding hydrogens is 198 g/mol. The van der Waals surface area contributed by atoms with Crippen molar-refractivity contribution >= 4 is 11.6 Å². The van der Waals surface area contributed by atoms with Crippen molar-refractivity contribution in [2.75, 3.05) is 6.54 Å². The Hall–Kier alpha value is -0.540. The molecule has 78 valence electrons. The third-order valence-electron chi connectivity index (χ3n) is 3.03. The molecule has 0 bridgehead atoms. The average molecular weight is 214 g/mol. The van der Waals surface area contributed by atoms with Crippen LogP contribution in [0.5, 0.6) is 0 Å². The predicted octanol–water partition coefficient (Wildman–Crippen LogP) is 1.76. The van der Waals surface area contributed by atoms with E-state index < -0.39 is 0 Å². The third-order valence-corrected chi connectivity index (χ3v) is 3.34. The van der Waals surface area contributed by atoms with Crippen molar-refractivity contribution in [3.05, 3.63) is 16.7 Å². The molecule has 0 saturated heterocycles. The number of imidazole rings is 1. The van der Waals surface area contributed by atoms with Gasteiger partial charge in [-0.15, -0.1) is 0 Å². The molecule has 0 spiro atoms. The lowest BCUT2D eigenvalue weighted by atomic mass is 9.93. The van der Waals surface area contributed by atoms with Crippen molar-refractivity contribution in [2.45, 2.75) is 32.7 Å². The molecule has 14 heavy (non-hydrogen) atoms. The fourth-order valence-electron chi connectivity index (χ4n) is 2.23. The van der Waals surface area contributed by atoms with Gasteiger partial charge >= 0.3 is 0 Å². The molecule has 2 heterocycles. The zero-order valence-electron chi connectivity index (χ0n) is 8.46. The standard InChI is InChI=1S/C10H16ClN3/c1-7-13-10(11)9-6-8(2-4-12)3-5-14(7)9/h8H,2-6,12H2,1H3. The van der Waals surface area contributed by atoms with E-state index in [9.17, 15) is 0 Å². The molecule has 1 aromatic heterocycles.